The molecule has 33 heavy (non-hydrogen) atoms. The molecule has 0 spiro atoms. The van der Waals surface area contributed by atoms with Crippen molar-refractivity contribution in [1.29, 1.82) is 0 Å². The number of benzene rings is 2. The molecule has 0 fully saturated rings. The molecule has 1 aromatic heterocycles. The number of carbonyl (C=O) groups is 1. The van der Waals surface area contributed by atoms with E-state index < -0.39 is 0 Å². The van der Waals surface area contributed by atoms with Crippen molar-refractivity contribution < 1.29 is 14.3 Å². The predicted molar refractivity (Wildman–Crippen MR) is 131 cm³/mol. The number of fused-ring (bicyclic) bond motifs is 1. The Morgan fingerprint density at radius 3 is 2.48 bits per heavy atom. The molecule has 0 radical (unpaired) electrons. The lowest BCUT2D eigenvalue weighted by atomic mass is 9.87. The van der Waals surface area contributed by atoms with Gasteiger partial charge in [-0.15, -0.1) is 10.2 Å². The van der Waals surface area contributed by atoms with E-state index >= 15 is 0 Å². The summed E-state index contributed by atoms with van der Waals surface area (Å²) in [4.78, 5) is 12.5. The smallest absolute Gasteiger partial charge is 0.234 e. The topological polar surface area (TPSA) is 104 Å². The van der Waals surface area contributed by atoms with E-state index in [1.165, 1.54) is 22.0 Å². The van der Waals surface area contributed by atoms with Crippen LogP contribution in [-0.2, 0) is 10.2 Å². The second kappa shape index (κ2) is 9.52. The minimum Gasteiger partial charge on any atom is -0.490 e. The number of aromatic nitrogens is 3. The fourth-order valence-corrected chi connectivity index (χ4v) is 4.15. The lowest BCUT2D eigenvalue weighted by Gasteiger charge is -2.19. The highest BCUT2D eigenvalue weighted by atomic mass is 35.5. The number of halogens is 1. The van der Waals surface area contributed by atoms with Crippen LogP contribution in [0, 0.1) is 0 Å². The van der Waals surface area contributed by atoms with Crippen molar-refractivity contribution in [3.8, 4) is 22.9 Å². The molecule has 10 heteroatoms. The minimum atomic E-state index is -0.254. The van der Waals surface area contributed by atoms with Crippen LogP contribution in [0.4, 0.5) is 5.69 Å². The normalized spacial score (nSPS) is 13.5. The number of nitrogens with zero attached hydrogens (tertiary/aromatic N) is 3. The minimum absolute atomic E-state index is 0.0581. The molecule has 0 unspecified atom stereocenters. The van der Waals surface area contributed by atoms with Crippen LogP contribution in [-0.4, -0.2) is 39.7 Å². The lowest BCUT2D eigenvalue weighted by Crippen LogP contribution is -2.17. The Hall–Kier alpha value is -2.91. The van der Waals surface area contributed by atoms with Gasteiger partial charge >= 0.3 is 0 Å². The first-order valence-electron chi connectivity index (χ1n) is 10.6. The van der Waals surface area contributed by atoms with E-state index in [1.54, 1.807) is 12.1 Å². The summed E-state index contributed by atoms with van der Waals surface area (Å²) in [6.07, 6.45) is 0.785. The summed E-state index contributed by atoms with van der Waals surface area (Å²) in [7, 11) is 0. The molecule has 0 bridgehead atoms. The second-order valence-corrected chi connectivity index (χ2v) is 10.0. The maximum Gasteiger partial charge on any atom is 0.234 e. The van der Waals surface area contributed by atoms with Gasteiger partial charge in [0.1, 0.15) is 0 Å². The van der Waals surface area contributed by atoms with Gasteiger partial charge in [0.05, 0.1) is 29.7 Å². The number of nitrogens with one attached hydrogen (secondary N) is 1. The summed E-state index contributed by atoms with van der Waals surface area (Å²) in [5.41, 5.74) is 2.59. The average Bonchev–Trinajstić information content (AvgIpc) is 2.98. The standard InChI is InChI=1S/C23H26ClN5O3S/c1-23(2,3)15-7-5-14(6-8-15)21-27-28-22(29(21)25)33-13-20(30)26-17-12-19-18(11-16(17)24)31-9-4-10-32-19/h5-8,11-12H,4,9-10,13,25H2,1-3H3,(H,26,30). The summed E-state index contributed by atoms with van der Waals surface area (Å²) in [5.74, 6) is 7.70. The van der Waals surface area contributed by atoms with Crippen LogP contribution in [0.1, 0.15) is 32.8 Å². The van der Waals surface area contributed by atoms with Crippen LogP contribution in [0.3, 0.4) is 0 Å². The van der Waals surface area contributed by atoms with Crippen LogP contribution in [0.15, 0.2) is 41.6 Å². The number of amides is 1. The number of nitrogens with two attached hydrogens (primary N) is 1. The number of nitrogen functional groups attached to an aromatic ring is 1. The number of carbonyl (C=O) groups excluding carboxylic acids is 1. The molecular formula is C23H26ClN5O3S. The number of thioether (sulfide) groups is 1. The van der Waals surface area contributed by atoms with Crippen molar-refractivity contribution >= 4 is 35.0 Å². The van der Waals surface area contributed by atoms with Crippen molar-refractivity contribution in [3.63, 3.8) is 0 Å². The number of hydrogen-bond donors (Lipinski definition) is 2. The third kappa shape index (κ3) is 5.36. The Bertz CT molecular complexity index is 1160. The van der Waals surface area contributed by atoms with Crippen LogP contribution in [0.25, 0.3) is 11.4 Å². The van der Waals surface area contributed by atoms with Gasteiger partial charge in [0.25, 0.3) is 0 Å². The molecule has 1 amide bonds. The molecule has 1 aliphatic heterocycles. The molecule has 0 atom stereocenters. The lowest BCUT2D eigenvalue weighted by molar-refractivity contribution is -0.113. The van der Waals surface area contributed by atoms with Gasteiger partial charge in [-0.1, -0.05) is 68.4 Å². The quantitative estimate of drug-likeness (QED) is 0.403. The zero-order valence-corrected chi connectivity index (χ0v) is 20.3. The second-order valence-electron chi connectivity index (χ2n) is 8.67. The molecule has 2 heterocycles. The number of anilines is 1. The predicted octanol–water partition coefficient (Wildman–Crippen LogP) is 4.50. The van der Waals surface area contributed by atoms with E-state index in [1.807, 2.05) is 12.1 Å². The fraction of sp³-hybridized carbons (Fsp3) is 0.348. The molecule has 3 N–H and O–H groups in total. The van der Waals surface area contributed by atoms with Crippen molar-refractivity contribution in [3.05, 3.63) is 47.0 Å². The maximum absolute atomic E-state index is 12.5. The SMILES string of the molecule is CC(C)(C)c1ccc(-c2nnc(SCC(=O)Nc3cc4c(cc3Cl)OCCCO4)n2N)cc1. The Labute approximate surface area is 201 Å². The largest absolute Gasteiger partial charge is 0.490 e. The summed E-state index contributed by atoms with van der Waals surface area (Å²) in [6, 6.07) is 11.4. The highest BCUT2D eigenvalue weighted by Gasteiger charge is 2.18. The van der Waals surface area contributed by atoms with E-state index in [0.717, 1.165) is 12.0 Å². The first kappa shape index (κ1) is 23.3. The molecule has 4 rings (SSSR count). The van der Waals surface area contributed by atoms with Crippen LogP contribution < -0.4 is 20.6 Å². The Kier molecular flexibility index (Phi) is 6.71. The van der Waals surface area contributed by atoms with Gasteiger partial charge < -0.3 is 20.6 Å². The number of rotatable bonds is 5. The Morgan fingerprint density at radius 2 is 1.82 bits per heavy atom. The molecule has 0 aliphatic carbocycles. The van der Waals surface area contributed by atoms with Crippen molar-refractivity contribution in [2.75, 3.05) is 30.1 Å². The monoisotopic (exact) mass is 487 g/mol. The summed E-state index contributed by atoms with van der Waals surface area (Å²) in [5, 5.41) is 11.9. The van der Waals surface area contributed by atoms with Crippen LogP contribution in [0.5, 0.6) is 11.5 Å². The van der Waals surface area contributed by atoms with E-state index in [0.29, 0.717) is 46.4 Å². The Morgan fingerprint density at radius 1 is 1.15 bits per heavy atom. The molecule has 0 saturated carbocycles. The van der Waals surface area contributed by atoms with Gasteiger partial charge in [-0.2, -0.15) is 0 Å². The zero-order valence-electron chi connectivity index (χ0n) is 18.7. The van der Waals surface area contributed by atoms with Gasteiger partial charge in [0, 0.05) is 24.1 Å². The average molecular weight is 488 g/mol. The van der Waals surface area contributed by atoms with E-state index in [-0.39, 0.29) is 17.1 Å². The molecular weight excluding hydrogens is 462 g/mol. The molecule has 3 aromatic rings. The van der Waals surface area contributed by atoms with Gasteiger partial charge in [-0.3, -0.25) is 4.79 Å². The molecule has 0 saturated heterocycles. The van der Waals surface area contributed by atoms with Gasteiger partial charge in [-0.25, -0.2) is 4.68 Å². The molecule has 174 valence electrons. The first-order chi connectivity index (χ1) is 15.7. The van der Waals surface area contributed by atoms with E-state index in [9.17, 15) is 4.79 Å². The number of hydrogen-bond acceptors (Lipinski definition) is 7. The summed E-state index contributed by atoms with van der Waals surface area (Å²) >= 11 is 7.50. The van der Waals surface area contributed by atoms with E-state index in [4.69, 9.17) is 26.9 Å². The van der Waals surface area contributed by atoms with Gasteiger partial charge in [0.15, 0.2) is 17.3 Å². The van der Waals surface area contributed by atoms with E-state index in [2.05, 4.69) is 48.4 Å². The highest BCUT2D eigenvalue weighted by molar-refractivity contribution is 7.99. The molecule has 2 aromatic carbocycles. The van der Waals surface area contributed by atoms with Gasteiger partial charge in [0.2, 0.25) is 11.1 Å². The van der Waals surface area contributed by atoms with Crippen molar-refractivity contribution in [2.45, 2.75) is 37.8 Å². The fourth-order valence-electron chi connectivity index (χ4n) is 3.29. The van der Waals surface area contributed by atoms with Crippen LogP contribution >= 0.6 is 23.4 Å². The third-order valence-corrected chi connectivity index (χ3v) is 6.37. The van der Waals surface area contributed by atoms with Crippen molar-refractivity contribution in [2.24, 2.45) is 0 Å². The molecule has 1 aliphatic rings. The first-order valence-corrected chi connectivity index (χ1v) is 11.9. The summed E-state index contributed by atoms with van der Waals surface area (Å²) in [6.45, 7) is 7.59. The summed E-state index contributed by atoms with van der Waals surface area (Å²) < 4.78 is 12.7. The molecule has 8 nitrogen and oxygen atoms in total. The van der Waals surface area contributed by atoms with Gasteiger partial charge in [-0.05, 0) is 11.0 Å². The number of ether oxygens (including phenoxy) is 2. The van der Waals surface area contributed by atoms with Crippen LogP contribution in [0.2, 0.25) is 5.02 Å². The maximum atomic E-state index is 12.5. The Balaban J connectivity index is 1.40. The highest BCUT2D eigenvalue weighted by Crippen LogP contribution is 2.37. The third-order valence-electron chi connectivity index (χ3n) is 5.12. The zero-order chi connectivity index (χ0) is 23.6. The van der Waals surface area contributed by atoms with Crippen molar-refractivity contribution in [1.82, 2.24) is 14.9 Å².